The summed E-state index contributed by atoms with van der Waals surface area (Å²) in [6.07, 6.45) is 9.56. The van der Waals surface area contributed by atoms with Crippen LogP contribution in [0.3, 0.4) is 0 Å². The zero-order chi connectivity index (χ0) is 17.9. The lowest BCUT2D eigenvalue weighted by molar-refractivity contribution is 0.0990. The number of nitrogens with zero attached hydrogens (tertiary/aromatic N) is 4. The van der Waals surface area contributed by atoms with Crippen molar-refractivity contribution >= 4 is 33.2 Å². The second-order valence-electron chi connectivity index (χ2n) is 6.65. The third-order valence-corrected chi connectivity index (χ3v) is 5.38. The molecular formula is C19H20BrN5O. The van der Waals surface area contributed by atoms with Crippen LogP contribution in [0.25, 0.3) is 5.65 Å². The molecule has 1 N–H and O–H groups in total. The topological polar surface area (TPSA) is 72.2 Å². The standard InChI is InChI=1S/C19H20BrN5O/c20-15-8-9-18-23-17(11-16(26)13-5-4-10-21-12-13)24-25(18)19(15)22-14-6-2-1-3-7-14/h4-5,8-10,12,14,22H,1-3,6-7,11H2. The van der Waals surface area contributed by atoms with Gasteiger partial charge in [-0.3, -0.25) is 9.78 Å². The summed E-state index contributed by atoms with van der Waals surface area (Å²) in [6.45, 7) is 0. The number of carbonyl (C=O) groups excluding carboxylic acids is 1. The van der Waals surface area contributed by atoms with E-state index in [9.17, 15) is 4.79 Å². The normalized spacial score (nSPS) is 15.3. The second kappa shape index (κ2) is 7.53. The number of nitrogens with one attached hydrogen (secondary N) is 1. The number of rotatable bonds is 5. The molecule has 0 aliphatic heterocycles. The Morgan fingerprint density at radius 2 is 2.08 bits per heavy atom. The Balaban J connectivity index is 1.60. The molecule has 7 heteroatoms. The quantitative estimate of drug-likeness (QED) is 0.638. The van der Waals surface area contributed by atoms with Gasteiger partial charge in [0.15, 0.2) is 17.3 Å². The Hall–Kier alpha value is -2.28. The van der Waals surface area contributed by atoms with Crippen LogP contribution in [0.5, 0.6) is 0 Å². The average molecular weight is 414 g/mol. The van der Waals surface area contributed by atoms with Gasteiger partial charge in [0.1, 0.15) is 5.82 Å². The molecule has 1 fully saturated rings. The summed E-state index contributed by atoms with van der Waals surface area (Å²) < 4.78 is 2.75. The van der Waals surface area contributed by atoms with Crippen LogP contribution in [0.2, 0.25) is 0 Å². The summed E-state index contributed by atoms with van der Waals surface area (Å²) >= 11 is 3.61. The van der Waals surface area contributed by atoms with E-state index < -0.39 is 0 Å². The van der Waals surface area contributed by atoms with Crippen LogP contribution in [0.15, 0.2) is 41.1 Å². The molecule has 0 saturated heterocycles. The van der Waals surface area contributed by atoms with Crippen molar-refractivity contribution in [2.75, 3.05) is 5.32 Å². The fourth-order valence-corrected chi connectivity index (χ4v) is 3.80. The molecular weight excluding hydrogens is 394 g/mol. The lowest BCUT2D eigenvalue weighted by Crippen LogP contribution is -2.24. The molecule has 0 atom stereocenters. The summed E-state index contributed by atoms with van der Waals surface area (Å²) in [5.74, 6) is 1.39. The minimum atomic E-state index is -0.0325. The Labute approximate surface area is 160 Å². The highest BCUT2D eigenvalue weighted by Crippen LogP contribution is 2.27. The number of aromatic nitrogens is 4. The minimum Gasteiger partial charge on any atom is -0.366 e. The molecule has 0 aromatic carbocycles. The van der Waals surface area contributed by atoms with E-state index in [2.05, 4.69) is 36.3 Å². The number of Topliss-reactive ketones (excluding diaryl/α,β-unsaturated/α-hetero) is 1. The van der Waals surface area contributed by atoms with Crippen molar-refractivity contribution in [3.63, 3.8) is 0 Å². The van der Waals surface area contributed by atoms with E-state index in [1.165, 1.54) is 32.1 Å². The van der Waals surface area contributed by atoms with Gasteiger partial charge in [-0.05, 0) is 53.0 Å². The van der Waals surface area contributed by atoms with Gasteiger partial charge in [0.2, 0.25) is 0 Å². The number of fused-ring (bicyclic) bond motifs is 1. The van der Waals surface area contributed by atoms with Gasteiger partial charge in [0, 0.05) is 24.0 Å². The van der Waals surface area contributed by atoms with Crippen LogP contribution in [0, 0.1) is 0 Å². The third-order valence-electron chi connectivity index (χ3n) is 4.74. The number of pyridine rings is 2. The Kier molecular flexibility index (Phi) is 4.97. The summed E-state index contributed by atoms with van der Waals surface area (Å²) in [5, 5.41) is 8.19. The molecule has 0 radical (unpaired) electrons. The first-order chi connectivity index (χ1) is 12.7. The van der Waals surface area contributed by atoms with Gasteiger partial charge in [0.05, 0.1) is 10.9 Å². The highest BCUT2D eigenvalue weighted by Gasteiger charge is 2.18. The van der Waals surface area contributed by atoms with Gasteiger partial charge in [-0.2, -0.15) is 4.52 Å². The number of anilines is 1. The van der Waals surface area contributed by atoms with Crippen LogP contribution in [0.1, 0.15) is 48.3 Å². The van der Waals surface area contributed by atoms with E-state index in [0.717, 1.165) is 15.9 Å². The minimum absolute atomic E-state index is 0.0325. The SMILES string of the molecule is O=C(Cc1nc2ccc(Br)c(NC3CCCCC3)n2n1)c1cccnc1. The predicted molar refractivity (Wildman–Crippen MR) is 103 cm³/mol. The van der Waals surface area contributed by atoms with E-state index in [-0.39, 0.29) is 12.2 Å². The van der Waals surface area contributed by atoms with E-state index in [1.54, 1.807) is 29.0 Å². The first kappa shape index (κ1) is 17.1. The van der Waals surface area contributed by atoms with Crippen LogP contribution in [-0.2, 0) is 6.42 Å². The maximum atomic E-state index is 12.4. The molecule has 0 amide bonds. The molecule has 26 heavy (non-hydrogen) atoms. The van der Waals surface area contributed by atoms with E-state index in [0.29, 0.717) is 17.4 Å². The zero-order valence-electron chi connectivity index (χ0n) is 14.4. The van der Waals surface area contributed by atoms with Gasteiger partial charge in [-0.1, -0.05) is 19.3 Å². The molecule has 0 bridgehead atoms. The summed E-state index contributed by atoms with van der Waals surface area (Å²) in [5.41, 5.74) is 1.31. The molecule has 0 unspecified atom stereocenters. The fraction of sp³-hybridized carbons (Fsp3) is 0.368. The molecule has 3 aromatic rings. The molecule has 3 aromatic heterocycles. The first-order valence-corrected chi connectivity index (χ1v) is 9.74. The third kappa shape index (κ3) is 3.62. The summed E-state index contributed by atoms with van der Waals surface area (Å²) in [4.78, 5) is 20.9. The van der Waals surface area contributed by atoms with Crippen molar-refractivity contribution in [2.24, 2.45) is 0 Å². The van der Waals surface area contributed by atoms with Gasteiger partial charge in [-0.25, -0.2) is 4.98 Å². The molecule has 3 heterocycles. The van der Waals surface area contributed by atoms with Gasteiger partial charge >= 0.3 is 0 Å². The van der Waals surface area contributed by atoms with Crippen molar-refractivity contribution in [1.82, 2.24) is 19.6 Å². The van der Waals surface area contributed by atoms with E-state index in [4.69, 9.17) is 0 Å². The van der Waals surface area contributed by atoms with Crippen LogP contribution in [-0.4, -0.2) is 31.4 Å². The lowest BCUT2D eigenvalue weighted by Gasteiger charge is -2.24. The second-order valence-corrected chi connectivity index (χ2v) is 7.50. The molecule has 134 valence electrons. The number of halogens is 1. The van der Waals surface area contributed by atoms with Crippen molar-refractivity contribution in [3.05, 3.63) is 52.5 Å². The predicted octanol–water partition coefficient (Wildman–Crippen LogP) is 4.06. The van der Waals surface area contributed by atoms with Gasteiger partial charge in [0.25, 0.3) is 0 Å². The van der Waals surface area contributed by atoms with Crippen molar-refractivity contribution in [3.8, 4) is 0 Å². The van der Waals surface area contributed by atoms with Crippen LogP contribution >= 0.6 is 15.9 Å². The number of ketones is 1. The molecule has 4 rings (SSSR count). The maximum Gasteiger partial charge on any atom is 0.172 e. The molecule has 1 aliphatic carbocycles. The fourth-order valence-electron chi connectivity index (χ4n) is 3.39. The van der Waals surface area contributed by atoms with E-state index in [1.807, 2.05) is 12.1 Å². The highest BCUT2D eigenvalue weighted by molar-refractivity contribution is 9.10. The molecule has 1 saturated carbocycles. The smallest absolute Gasteiger partial charge is 0.172 e. The number of carbonyl (C=O) groups is 1. The van der Waals surface area contributed by atoms with Crippen molar-refractivity contribution in [1.29, 1.82) is 0 Å². The van der Waals surface area contributed by atoms with E-state index >= 15 is 0 Å². The Bertz CT molecular complexity index is 918. The van der Waals surface area contributed by atoms with Gasteiger partial charge in [-0.15, -0.1) is 5.10 Å². The number of hydrogen-bond donors (Lipinski definition) is 1. The maximum absolute atomic E-state index is 12.4. The molecule has 1 aliphatic rings. The molecule has 6 nitrogen and oxygen atoms in total. The number of hydrogen-bond acceptors (Lipinski definition) is 5. The highest BCUT2D eigenvalue weighted by atomic mass is 79.9. The van der Waals surface area contributed by atoms with Crippen LogP contribution in [0.4, 0.5) is 5.82 Å². The zero-order valence-corrected chi connectivity index (χ0v) is 15.9. The largest absolute Gasteiger partial charge is 0.366 e. The Morgan fingerprint density at radius 1 is 1.23 bits per heavy atom. The Morgan fingerprint density at radius 3 is 2.85 bits per heavy atom. The average Bonchev–Trinajstić information content (AvgIpc) is 3.08. The molecule has 0 spiro atoms. The monoisotopic (exact) mass is 413 g/mol. The summed E-state index contributed by atoms with van der Waals surface area (Å²) in [6, 6.07) is 7.85. The summed E-state index contributed by atoms with van der Waals surface area (Å²) in [7, 11) is 0. The van der Waals surface area contributed by atoms with Gasteiger partial charge < -0.3 is 5.32 Å². The van der Waals surface area contributed by atoms with Crippen molar-refractivity contribution in [2.45, 2.75) is 44.6 Å². The van der Waals surface area contributed by atoms with Crippen LogP contribution < -0.4 is 5.32 Å². The first-order valence-electron chi connectivity index (χ1n) is 8.94. The van der Waals surface area contributed by atoms with Crippen molar-refractivity contribution < 1.29 is 4.79 Å². The lowest BCUT2D eigenvalue weighted by atomic mass is 9.95.